The molecule has 71 heavy (non-hydrogen) atoms. The van der Waals surface area contributed by atoms with Crippen LogP contribution in [-0.2, 0) is 64.9 Å². The Balaban J connectivity index is 1.88. The van der Waals surface area contributed by atoms with Gasteiger partial charge >= 0.3 is 48.2 Å². The molecule has 7 N–H and O–H groups in total. The highest BCUT2D eigenvalue weighted by atomic mass is 35.5. The van der Waals surface area contributed by atoms with Crippen LogP contribution in [0.15, 0.2) is 70.2 Å². The highest BCUT2D eigenvalue weighted by molar-refractivity contribution is 6.32. The van der Waals surface area contributed by atoms with E-state index in [1.54, 1.807) is 0 Å². The molecule has 0 aliphatic carbocycles. The van der Waals surface area contributed by atoms with Crippen LogP contribution in [0.3, 0.4) is 0 Å². The van der Waals surface area contributed by atoms with Crippen LogP contribution in [0.25, 0.3) is 0 Å². The summed E-state index contributed by atoms with van der Waals surface area (Å²) in [5.41, 5.74) is -6.20. The molecular formula is C42H38Cl2F10N4O13. The van der Waals surface area contributed by atoms with Gasteiger partial charge < -0.3 is 50.8 Å². The van der Waals surface area contributed by atoms with E-state index in [4.69, 9.17) is 53.7 Å². The summed E-state index contributed by atoms with van der Waals surface area (Å²) in [6.45, 7) is -6.68. The molecule has 4 rings (SSSR count). The normalized spacial score (nSPS) is 19.8. The fourth-order valence-electron chi connectivity index (χ4n) is 7.79. The van der Waals surface area contributed by atoms with Crippen molar-refractivity contribution < 1.29 is 107 Å². The molecule has 2 aromatic rings. The largest absolute Gasteiger partial charge is 0.481 e. The summed E-state index contributed by atoms with van der Waals surface area (Å²) >= 11 is 11.7. The Morgan fingerprint density at radius 2 is 1.28 bits per heavy atom. The summed E-state index contributed by atoms with van der Waals surface area (Å²) in [4.78, 5) is 85.1. The second-order valence-electron chi connectivity index (χ2n) is 14.9. The van der Waals surface area contributed by atoms with E-state index < -0.39 is 182 Å². The van der Waals surface area contributed by atoms with Crippen LogP contribution in [-0.4, -0.2) is 117 Å². The van der Waals surface area contributed by atoms with Gasteiger partial charge in [0.1, 0.15) is 36.4 Å². The summed E-state index contributed by atoms with van der Waals surface area (Å²) in [6.07, 6.45) is -11.1. The number of methoxy groups -OCH3 is 1. The number of esters is 3. The van der Waals surface area contributed by atoms with Crippen molar-refractivity contribution in [3.8, 4) is 0 Å². The van der Waals surface area contributed by atoms with E-state index in [1.807, 2.05) is 0 Å². The average molecular weight is 1070 g/mol. The Bertz CT molecular complexity index is 2590. The second-order valence-corrected chi connectivity index (χ2v) is 15.7. The monoisotopic (exact) mass is 1070 g/mol. The molecule has 4 unspecified atom stereocenters. The van der Waals surface area contributed by atoms with Gasteiger partial charge in [0.05, 0.1) is 94.4 Å². The number of nitrogens with zero attached hydrogens (tertiary/aromatic N) is 1. The third-order valence-corrected chi connectivity index (χ3v) is 11.4. The lowest BCUT2D eigenvalue weighted by Gasteiger charge is -2.49. The first-order chi connectivity index (χ1) is 33.2. The van der Waals surface area contributed by atoms with Crippen LogP contribution >= 0.6 is 23.2 Å². The number of alkyl halides is 8. The molecule has 0 amide bonds. The van der Waals surface area contributed by atoms with Crippen molar-refractivity contribution in [3.05, 3.63) is 114 Å². The summed E-state index contributed by atoms with van der Waals surface area (Å²) in [7, 11) is 0.688. The standard InChI is InChI=1S/C42H38Cl2F10N4O13/c1-40(39(65)66)24(14-46)58(23(16-69-12-10-56)31(36(61)62)35(40)28-20(48)6-4-18(44)34(28)42(52,53)54)71-26(60)8-7-25(59)70-38(64)30-22(15-68-11-9-55)57-21(13-45)29(37(63)67-2)32(30)27-19(47)5-3-17(43)33(27)41(49,50)51/h3-8,24,32,35,57H,9-16,55-56H2,1-2H3,(H,61,62)(H,65,66)/b8-7-. The number of dihydropyridines is 1. The molecule has 17 nitrogen and oxygen atoms in total. The average Bonchev–Trinajstić information content (AvgIpc) is 3.28. The summed E-state index contributed by atoms with van der Waals surface area (Å²) < 4.78 is 169. The van der Waals surface area contributed by atoms with Crippen molar-refractivity contribution in [2.75, 3.05) is 60.0 Å². The molecule has 0 aromatic heterocycles. The predicted octanol–water partition coefficient (Wildman–Crippen LogP) is 5.55. The highest BCUT2D eigenvalue weighted by Crippen LogP contribution is 2.56. The van der Waals surface area contributed by atoms with E-state index in [1.165, 1.54) is 0 Å². The van der Waals surface area contributed by atoms with Crippen molar-refractivity contribution in [3.63, 3.8) is 0 Å². The number of hydrogen-bond acceptors (Lipinski definition) is 15. The van der Waals surface area contributed by atoms with Gasteiger partial charge in [-0.25, -0.2) is 46.6 Å². The van der Waals surface area contributed by atoms with Crippen LogP contribution in [0.4, 0.5) is 43.9 Å². The first-order valence-corrected chi connectivity index (χ1v) is 20.7. The van der Waals surface area contributed by atoms with E-state index >= 15 is 13.2 Å². The molecule has 388 valence electrons. The predicted molar refractivity (Wildman–Crippen MR) is 222 cm³/mol. The number of rotatable bonds is 19. The van der Waals surface area contributed by atoms with E-state index in [2.05, 4.69) is 10.1 Å². The van der Waals surface area contributed by atoms with Crippen molar-refractivity contribution in [1.82, 2.24) is 10.4 Å². The lowest BCUT2D eigenvalue weighted by atomic mass is 9.62. The molecule has 29 heteroatoms. The quantitative estimate of drug-likeness (QED) is 0.0380. The number of carbonyl (C=O) groups is 6. The van der Waals surface area contributed by atoms with Crippen molar-refractivity contribution in [2.24, 2.45) is 16.9 Å². The van der Waals surface area contributed by atoms with Gasteiger partial charge in [0.15, 0.2) is 0 Å². The van der Waals surface area contributed by atoms with E-state index in [-0.39, 0.29) is 36.9 Å². The lowest BCUT2D eigenvalue weighted by molar-refractivity contribution is -0.211. The maximum absolute atomic E-state index is 15.8. The smallest absolute Gasteiger partial charge is 0.418 e. The Labute approximate surface area is 403 Å². The van der Waals surface area contributed by atoms with Crippen molar-refractivity contribution in [1.29, 1.82) is 0 Å². The molecule has 4 atom stereocenters. The second kappa shape index (κ2) is 23.3. The zero-order valence-corrected chi connectivity index (χ0v) is 37.9. The summed E-state index contributed by atoms with van der Waals surface area (Å²) in [5.74, 6) is -21.2. The SMILES string of the molecule is COC(=O)C1=C(CF)NC(COCCN)=C(C(=O)OC(=O)/C=C\C(=O)ON2C(COCCN)=C(C(=O)O)C(c3c(F)ccc(Cl)c3C(F)(F)F)C(C)(C(=O)O)C2CF)C1c1c(F)ccc(Cl)c1C(F)(F)F. The fraction of sp³-hybridized carbons (Fsp3) is 0.381. The van der Waals surface area contributed by atoms with Gasteiger partial charge in [0.25, 0.3) is 0 Å². The van der Waals surface area contributed by atoms with Gasteiger partial charge in [-0.2, -0.15) is 26.3 Å². The Morgan fingerprint density at radius 1 is 0.775 bits per heavy atom. The van der Waals surface area contributed by atoms with Crippen molar-refractivity contribution in [2.45, 2.75) is 37.2 Å². The highest BCUT2D eigenvalue weighted by Gasteiger charge is 2.62. The molecule has 2 aromatic carbocycles. The molecule has 0 fully saturated rings. The minimum absolute atomic E-state index is 0.0267. The summed E-state index contributed by atoms with van der Waals surface area (Å²) in [5, 5.41) is 20.9. The Hall–Kier alpha value is -6.26. The molecule has 0 saturated heterocycles. The maximum Gasteiger partial charge on any atom is 0.418 e. The number of aliphatic carboxylic acids is 2. The molecule has 0 saturated carbocycles. The maximum atomic E-state index is 15.8. The number of carboxylic acid groups (broad SMARTS) is 2. The number of carboxylic acids is 2. The fourth-order valence-corrected chi connectivity index (χ4v) is 8.33. The first-order valence-electron chi connectivity index (χ1n) is 19.9. The number of benzene rings is 2. The number of halogens is 12. The van der Waals surface area contributed by atoms with Gasteiger partial charge in [0, 0.05) is 42.3 Å². The van der Waals surface area contributed by atoms with Gasteiger partial charge in [-0.1, -0.05) is 23.2 Å². The van der Waals surface area contributed by atoms with Crippen LogP contribution < -0.4 is 16.8 Å². The minimum Gasteiger partial charge on any atom is -0.481 e. The minimum atomic E-state index is -5.61. The van der Waals surface area contributed by atoms with Gasteiger partial charge in [-0.15, -0.1) is 0 Å². The van der Waals surface area contributed by atoms with Gasteiger partial charge in [0.2, 0.25) is 0 Å². The molecule has 0 bridgehead atoms. The third-order valence-electron chi connectivity index (χ3n) is 10.7. The van der Waals surface area contributed by atoms with Gasteiger partial charge in [-0.05, 0) is 31.2 Å². The first kappa shape index (κ1) is 57.3. The number of hydroxylamine groups is 2. The lowest BCUT2D eigenvalue weighted by Crippen LogP contribution is -2.60. The molecule has 0 radical (unpaired) electrons. The number of nitrogens with one attached hydrogen (secondary N) is 1. The van der Waals surface area contributed by atoms with E-state index in [9.17, 15) is 69.7 Å². The number of ether oxygens (including phenoxy) is 4. The van der Waals surface area contributed by atoms with E-state index in [0.29, 0.717) is 38.3 Å². The van der Waals surface area contributed by atoms with Crippen molar-refractivity contribution >= 4 is 59.0 Å². The van der Waals surface area contributed by atoms with Crippen LogP contribution in [0.1, 0.15) is 41.0 Å². The zero-order valence-electron chi connectivity index (χ0n) is 36.4. The Kier molecular flexibility index (Phi) is 18.8. The van der Waals surface area contributed by atoms with Crippen LogP contribution in [0.5, 0.6) is 0 Å². The number of allylic oxidation sites excluding steroid dienone is 1. The molecule has 2 heterocycles. The van der Waals surface area contributed by atoms with Crippen LogP contribution in [0, 0.1) is 17.0 Å². The zero-order chi connectivity index (χ0) is 53.5. The Morgan fingerprint density at radius 3 is 1.76 bits per heavy atom. The number of hydrogen-bond donors (Lipinski definition) is 5. The van der Waals surface area contributed by atoms with E-state index in [0.717, 1.165) is 0 Å². The summed E-state index contributed by atoms with van der Waals surface area (Å²) in [6, 6.07) is -0.920. The molecule has 2 aliphatic rings. The molecular weight excluding hydrogens is 1030 g/mol. The third kappa shape index (κ3) is 11.9. The number of nitrogens with two attached hydrogens (primary N) is 2. The molecule has 2 aliphatic heterocycles. The van der Waals surface area contributed by atoms with Crippen LogP contribution in [0.2, 0.25) is 10.0 Å². The van der Waals surface area contributed by atoms with Gasteiger partial charge in [-0.3, -0.25) is 4.79 Å². The number of carbonyl (C=O) groups excluding carboxylic acids is 4. The molecule has 0 spiro atoms. The topological polar surface area (TPSA) is 256 Å².